The predicted octanol–water partition coefficient (Wildman–Crippen LogP) is 1.31. The number of rotatable bonds is 3. The van der Waals surface area contributed by atoms with Gasteiger partial charge in [-0.25, -0.2) is 4.98 Å². The molecule has 0 aliphatic carbocycles. The van der Waals surface area contributed by atoms with Crippen molar-refractivity contribution in [1.29, 1.82) is 0 Å². The van der Waals surface area contributed by atoms with Crippen molar-refractivity contribution in [2.24, 2.45) is 0 Å². The smallest absolute Gasteiger partial charge is 0.275 e. The van der Waals surface area contributed by atoms with Crippen molar-refractivity contribution < 1.29 is 0 Å². The lowest BCUT2D eigenvalue weighted by molar-refractivity contribution is 0.598. The highest BCUT2D eigenvalue weighted by molar-refractivity contribution is 7.71. The van der Waals surface area contributed by atoms with E-state index in [-0.39, 0.29) is 10.3 Å². The molecule has 7 heteroatoms. The van der Waals surface area contributed by atoms with E-state index >= 15 is 0 Å². The molecule has 0 aromatic carbocycles. The molecule has 0 spiro atoms. The van der Waals surface area contributed by atoms with Crippen LogP contribution in [-0.4, -0.2) is 19.2 Å². The SMILES string of the molecule is CCCCn1c(=O)c(C)nn2c(=S)nc(N)cc12. The number of nitrogen functional groups attached to an aromatic ring is 1. The van der Waals surface area contributed by atoms with E-state index in [9.17, 15) is 4.79 Å². The number of aryl methyl sites for hydroxylation is 2. The summed E-state index contributed by atoms with van der Waals surface area (Å²) in [7, 11) is 0. The molecule has 96 valence electrons. The van der Waals surface area contributed by atoms with Crippen LogP contribution in [0.25, 0.3) is 5.65 Å². The van der Waals surface area contributed by atoms with Gasteiger partial charge >= 0.3 is 0 Å². The molecule has 0 aliphatic rings. The van der Waals surface area contributed by atoms with Gasteiger partial charge in [-0.3, -0.25) is 9.36 Å². The molecular formula is C11H15N5OS. The minimum absolute atomic E-state index is 0.108. The Morgan fingerprint density at radius 1 is 1.50 bits per heavy atom. The van der Waals surface area contributed by atoms with Gasteiger partial charge in [-0.05, 0) is 25.6 Å². The van der Waals surface area contributed by atoms with Gasteiger partial charge in [0.25, 0.3) is 5.56 Å². The first-order valence-electron chi connectivity index (χ1n) is 5.81. The molecule has 2 rings (SSSR count). The van der Waals surface area contributed by atoms with Gasteiger partial charge in [0.15, 0.2) is 0 Å². The molecule has 0 saturated carbocycles. The van der Waals surface area contributed by atoms with Crippen molar-refractivity contribution >= 4 is 23.7 Å². The Labute approximate surface area is 109 Å². The summed E-state index contributed by atoms with van der Waals surface area (Å²) in [6.07, 6.45) is 1.91. The van der Waals surface area contributed by atoms with E-state index in [1.54, 1.807) is 17.6 Å². The molecule has 2 heterocycles. The number of fused-ring (bicyclic) bond motifs is 1. The van der Waals surface area contributed by atoms with Crippen molar-refractivity contribution in [1.82, 2.24) is 19.2 Å². The average molecular weight is 265 g/mol. The molecule has 18 heavy (non-hydrogen) atoms. The minimum atomic E-state index is -0.108. The lowest BCUT2D eigenvalue weighted by Gasteiger charge is -2.11. The van der Waals surface area contributed by atoms with Crippen LogP contribution < -0.4 is 11.3 Å². The van der Waals surface area contributed by atoms with Gasteiger partial charge in [-0.1, -0.05) is 13.3 Å². The summed E-state index contributed by atoms with van der Waals surface area (Å²) in [4.78, 5) is 16.1. The van der Waals surface area contributed by atoms with Crippen LogP contribution >= 0.6 is 12.2 Å². The fourth-order valence-electron chi connectivity index (χ4n) is 1.79. The van der Waals surface area contributed by atoms with E-state index < -0.39 is 0 Å². The van der Waals surface area contributed by atoms with E-state index in [1.165, 1.54) is 4.52 Å². The van der Waals surface area contributed by atoms with Crippen molar-refractivity contribution in [3.8, 4) is 0 Å². The highest BCUT2D eigenvalue weighted by Gasteiger charge is 2.09. The van der Waals surface area contributed by atoms with E-state index in [2.05, 4.69) is 17.0 Å². The first-order valence-corrected chi connectivity index (χ1v) is 6.22. The topological polar surface area (TPSA) is 78.2 Å². The first kappa shape index (κ1) is 12.7. The van der Waals surface area contributed by atoms with Gasteiger partial charge in [0.2, 0.25) is 4.77 Å². The van der Waals surface area contributed by atoms with Crippen LogP contribution in [0.15, 0.2) is 10.9 Å². The summed E-state index contributed by atoms with van der Waals surface area (Å²) in [5.74, 6) is 0.301. The first-order chi connectivity index (χ1) is 8.54. The van der Waals surface area contributed by atoms with Gasteiger partial charge in [0.05, 0.1) is 0 Å². The van der Waals surface area contributed by atoms with Crippen molar-refractivity contribution in [2.75, 3.05) is 5.73 Å². The van der Waals surface area contributed by atoms with Crippen molar-refractivity contribution in [2.45, 2.75) is 33.2 Å². The second-order valence-electron chi connectivity index (χ2n) is 4.13. The molecule has 0 fully saturated rings. The maximum absolute atomic E-state index is 12.1. The fraction of sp³-hybridized carbons (Fsp3) is 0.455. The summed E-state index contributed by atoms with van der Waals surface area (Å²) in [6, 6.07) is 1.62. The number of nitrogens with two attached hydrogens (primary N) is 1. The maximum atomic E-state index is 12.1. The summed E-state index contributed by atoms with van der Waals surface area (Å²) in [5, 5.41) is 4.15. The monoisotopic (exact) mass is 265 g/mol. The van der Waals surface area contributed by atoms with E-state index in [1.807, 2.05) is 0 Å². The Bertz CT molecular complexity index is 703. The number of anilines is 1. The number of aromatic nitrogens is 4. The number of unbranched alkanes of at least 4 members (excludes halogenated alkanes) is 1. The Morgan fingerprint density at radius 3 is 2.89 bits per heavy atom. The van der Waals surface area contributed by atoms with Gasteiger partial charge < -0.3 is 5.73 Å². The van der Waals surface area contributed by atoms with Crippen molar-refractivity contribution in [3.05, 3.63) is 26.9 Å². The largest absolute Gasteiger partial charge is 0.383 e. The lowest BCUT2D eigenvalue weighted by Crippen LogP contribution is -2.27. The van der Waals surface area contributed by atoms with Gasteiger partial charge in [-0.2, -0.15) is 9.61 Å². The third-order valence-corrected chi connectivity index (χ3v) is 2.98. The third-order valence-electron chi connectivity index (χ3n) is 2.72. The second kappa shape index (κ2) is 4.85. The predicted molar refractivity (Wildman–Crippen MR) is 72.1 cm³/mol. The van der Waals surface area contributed by atoms with E-state index in [4.69, 9.17) is 18.0 Å². The highest BCUT2D eigenvalue weighted by atomic mass is 32.1. The zero-order valence-corrected chi connectivity index (χ0v) is 11.2. The molecular weight excluding hydrogens is 250 g/mol. The Hall–Kier alpha value is -1.76. The Kier molecular flexibility index (Phi) is 3.42. The fourth-order valence-corrected chi connectivity index (χ4v) is 2.03. The molecule has 2 N–H and O–H groups in total. The summed E-state index contributed by atoms with van der Waals surface area (Å²) in [5.41, 5.74) is 6.57. The van der Waals surface area contributed by atoms with Gasteiger partial charge in [0.1, 0.15) is 17.2 Å². The van der Waals surface area contributed by atoms with E-state index in [0.717, 1.165) is 12.8 Å². The Balaban J connectivity index is 2.83. The molecule has 6 nitrogen and oxygen atoms in total. The third kappa shape index (κ3) is 2.13. The Morgan fingerprint density at radius 2 is 2.22 bits per heavy atom. The molecule has 2 aromatic heterocycles. The number of hydrogen-bond donors (Lipinski definition) is 1. The second-order valence-corrected chi connectivity index (χ2v) is 4.49. The molecule has 0 bridgehead atoms. The van der Waals surface area contributed by atoms with Crippen LogP contribution in [0.5, 0.6) is 0 Å². The van der Waals surface area contributed by atoms with Crippen LogP contribution in [0.1, 0.15) is 25.5 Å². The lowest BCUT2D eigenvalue weighted by atomic mass is 10.3. The maximum Gasteiger partial charge on any atom is 0.275 e. The molecule has 2 aromatic rings. The van der Waals surface area contributed by atoms with Crippen molar-refractivity contribution in [3.63, 3.8) is 0 Å². The average Bonchev–Trinajstić information content (AvgIpc) is 2.31. The molecule has 0 radical (unpaired) electrons. The van der Waals surface area contributed by atoms with Gasteiger partial charge in [-0.15, -0.1) is 0 Å². The molecule has 0 atom stereocenters. The van der Waals surface area contributed by atoms with Crippen LogP contribution in [0.3, 0.4) is 0 Å². The molecule has 0 unspecified atom stereocenters. The molecule has 0 saturated heterocycles. The van der Waals surface area contributed by atoms with E-state index in [0.29, 0.717) is 23.7 Å². The molecule has 0 amide bonds. The molecule has 0 aliphatic heterocycles. The zero-order valence-electron chi connectivity index (χ0n) is 10.4. The quantitative estimate of drug-likeness (QED) is 0.847. The number of nitrogens with zero attached hydrogens (tertiary/aromatic N) is 4. The van der Waals surface area contributed by atoms with Crippen LogP contribution in [0.4, 0.5) is 5.82 Å². The summed E-state index contributed by atoms with van der Waals surface area (Å²) >= 11 is 5.11. The van der Waals surface area contributed by atoms with Gasteiger partial charge in [0, 0.05) is 12.6 Å². The highest BCUT2D eigenvalue weighted by Crippen LogP contribution is 2.06. The van der Waals surface area contributed by atoms with Crippen LogP contribution in [0.2, 0.25) is 0 Å². The standard InChI is InChI=1S/C11H15N5OS/c1-3-4-5-15-9-6-8(12)13-11(18)16(9)14-7(2)10(15)17/h6H,3-5H2,1-2H3,(H2,12,13,18). The minimum Gasteiger partial charge on any atom is -0.383 e. The number of hydrogen-bond acceptors (Lipinski definition) is 5. The van der Waals surface area contributed by atoms with Crippen LogP contribution in [-0.2, 0) is 6.54 Å². The zero-order chi connectivity index (χ0) is 13.3. The van der Waals surface area contributed by atoms with Crippen LogP contribution in [0, 0.1) is 11.7 Å². The summed E-state index contributed by atoms with van der Waals surface area (Å²) in [6.45, 7) is 4.37. The normalized spacial score (nSPS) is 11.0. The summed E-state index contributed by atoms with van der Waals surface area (Å²) < 4.78 is 3.40.